The van der Waals surface area contributed by atoms with E-state index in [1.54, 1.807) is 11.3 Å². The van der Waals surface area contributed by atoms with E-state index in [0.717, 1.165) is 11.5 Å². The predicted molar refractivity (Wildman–Crippen MR) is 54.1 cm³/mol. The molecule has 0 aliphatic carbocycles. The van der Waals surface area contributed by atoms with E-state index in [4.69, 9.17) is 19.9 Å². The molecule has 0 bridgehead atoms. The van der Waals surface area contributed by atoms with E-state index in [1.807, 2.05) is 10.8 Å². The topological polar surface area (TPSA) is 53.7 Å². The van der Waals surface area contributed by atoms with Crippen molar-refractivity contribution in [2.45, 2.75) is 6.10 Å². The Morgan fingerprint density at radius 1 is 1.50 bits per heavy atom. The van der Waals surface area contributed by atoms with Gasteiger partial charge in [0.1, 0.15) is 6.61 Å². The molecule has 2 heterocycles. The first kappa shape index (κ1) is 9.76. The van der Waals surface area contributed by atoms with Gasteiger partial charge in [0.15, 0.2) is 17.6 Å². The van der Waals surface area contributed by atoms with Crippen LogP contribution in [0.5, 0.6) is 11.5 Å². The molecule has 4 nitrogen and oxygen atoms in total. The predicted octanol–water partition coefficient (Wildman–Crippen LogP) is 0.863. The number of rotatable bonds is 4. The summed E-state index contributed by atoms with van der Waals surface area (Å²) < 4.78 is 16.4. The van der Waals surface area contributed by atoms with Crippen LogP contribution in [0.1, 0.15) is 0 Å². The molecular formula is C9H13NO3S. The molecule has 1 aliphatic heterocycles. The Kier molecular flexibility index (Phi) is 3.23. The summed E-state index contributed by atoms with van der Waals surface area (Å²) >= 11 is 1.57. The third-order valence-corrected chi connectivity index (χ3v) is 2.58. The van der Waals surface area contributed by atoms with Crippen molar-refractivity contribution in [3.05, 3.63) is 10.8 Å². The first-order chi connectivity index (χ1) is 6.90. The summed E-state index contributed by atoms with van der Waals surface area (Å²) in [6.45, 7) is 2.19. The quantitative estimate of drug-likeness (QED) is 0.757. The molecular weight excluding hydrogens is 202 g/mol. The third kappa shape index (κ3) is 2.17. The van der Waals surface area contributed by atoms with Crippen LogP contribution in [0.3, 0.4) is 0 Å². The van der Waals surface area contributed by atoms with Gasteiger partial charge in [0.05, 0.1) is 13.2 Å². The van der Waals surface area contributed by atoms with Crippen LogP contribution in [0.25, 0.3) is 0 Å². The Hall–Kier alpha value is -0.780. The second kappa shape index (κ2) is 4.63. The lowest BCUT2D eigenvalue weighted by Crippen LogP contribution is -2.33. The van der Waals surface area contributed by atoms with Crippen LogP contribution < -0.4 is 15.2 Å². The number of thiophene rings is 1. The van der Waals surface area contributed by atoms with Gasteiger partial charge in [-0.3, -0.25) is 0 Å². The Balaban J connectivity index is 1.82. The van der Waals surface area contributed by atoms with Gasteiger partial charge >= 0.3 is 0 Å². The van der Waals surface area contributed by atoms with Crippen molar-refractivity contribution >= 4 is 11.3 Å². The molecule has 0 radical (unpaired) electrons. The van der Waals surface area contributed by atoms with Crippen molar-refractivity contribution in [1.29, 1.82) is 0 Å². The van der Waals surface area contributed by atoms with Crippen molar-refractivity contribution in [3.8, 4) is 11.5 Å². The molecule has 5 heteroatoms. The molecule has 1 atom stereocenters. The molecule has 0 aromatic carbocycles. The van der Waals surface area contributed by atoms with Gasteiger partial charge in [-0.1, -0.05) is 0 Å². The van der Waals surface area contributed by atoms with E-state index >= 15 is 0 Å². The smallest absolute Gasteiger partial charge is 0.172 e. The Bertz CT molecular complexity index is 289. The highest BCUT2D eigenvalue weighted by molar-refractivity contribution is 7.08. The van der Waals surface area contributed by atoms with Crippen molar-refractivity contribution in [3.63, 3.8) is 0 Å². The van der Waals surface area contributed by atoms with Crippen molar-refractivity contribution in [2.75, 3.05) is 26.4 Å². The first-order valence-electron chi connectivity index (χ1n) is 4.53. The third-order valence-electron chi connectivity index (χ3n) is 1.88. The number of hydrogen-bond acceptors (Lipinski definition) is 5. The minimum absolute atomic E-state index is 0.0105. The maximum absolute atomic E-state index is 5.64. The van der Waals surface area contributed by atoms with Crippen molar-refractivity contribution in [1.82, 2.24) is 0 Å². The largest absolute Gasteiger partial charge is 0.485 e. The molecule has 1 aromatic heterocycles. The van der Waals surface area contributed by atoms with Crippen LogP contribution in [0.15, 0.2) is 10.8 Å². The zero-order valence-corrected chi connectivity index (χ0v) is 8.59. The maximum Gasteiger partial charge on any atom is 0.172 e. The van der Waals surface area contributed by atoms with E-state index in [1.165, 1.54) is 0 Å². The lowest BCUT2D eigenvalue weighted by Gasteiger charge is -2.24. The molecule has 2 rings (SSSR count). The molecule has 1 unspecified atom stereocenters. The Morgan fingerprint density at radius 2 is 2.36 bits per heavy atom. The first-order valence-corrected chi connectivity index (χ1v) is 5.48. The molecule has 1 aromatic rings. The normalized spacial score (nSPS) is 19.6. The van der Waals surface area contributed by atoms with Crippen LogP contribution in [0.2, 0.25) is 0 Å². The van der Waals surface area contributed by atoms with Crippen molar-refractivity contribution in [2.24, 2.45) is 5.73 Å². The molecule has 78 valence electrons. The fraction of sp³-hybridized carbons (Fsp3) is 0.556. The van der Waals surface area contributed by atoms with Crippen LogP contribution >= 0.6 is 11.3 Å². The lowest BCUT2D eigenvalue weighted by molar-refractivity contribution is 0.0118. The Morgan fingerprint density at radius 3 is 3.21 bits per heavy atom. The second-order valence-electron chi connectivity index (χ2n) is 3.01. The van der Waals surface area contributed by atoms with E-state index in [0.29, 0.717) is 26.4 Å². The average Bonchev–Trinajstić information content (AvgIpc) is 2.65. The van der Waals surface area contributed by atoms with Gasteiger partial charge in [-0.05, 0) is 0 Å². The minimum atomic E-state index is -0.0105. The molecule has 2 N–H and O–H groups in total. The van der Waals surface area contributed by atoms with E-state index in [2.05, 4.69) is 0 Å². The average molecular weight is 215 g/mol. The minimum Gasteiger partial charge on any atom is -0.485 e. The van der Waals surface area contributed by atoms with Crippen LogP contribution in [0, 0.1) is 0 Å². The number of ether oxygens (including phenoxy) is 3. The van der Waals surface area contributed by atoms with E-state index in [-0.39, 0.29) is 6.10 Å². The summed E-state index contributed by atoms with van der Waals surface area (Å²) in [5.41, 5.74) is 5.31. The van der Waals surface area contributed by atoms with Gasteiger partial charge in [0, 0.05) is 17.3 Å². The standard InChI is InChI=1S/C9H13NO3S/c10-1-2-11-3-7-4-12-8-5-14-6-9(8)13-7/h5-7H,1-4,10H2. The zero-order valence-electron chi connectivity index (χ0n) is 7.77. The van der Waals surface area contributed by atoms with Gasteiger partial charge in [-0.15, -0.1) is 11.3 Å². The molecule has 0 saturated heterocycles. The van der Waals surface area contributed by atoms with Gasteiger partial charge in [-0.2, -0.15) is 0 Å². The molecule has 0 saturated carbocycles. The van der Waals surface area contributed by atoms with E-state index in [9.17, 15) is 0 Å². The van der Waals surface area contributed by atoms with Gasteiger partial charge in [0.25, 0.3) is 0 Å². The highest BCUT2D eigenvalue weighted by Crippen LogP contribution is 2.35. The monoisotopic (exact) mass is 215 g/mol. The lowest BCUT2D eigenvalue weighted by atomic mass is 10.3. The summed E-state index contributed by atoms with van der Waals surface area (Å²) in [4.78, 5) is 0. The summed E-state index contributed by atoms with van der Waals surface area (Å²) in [5, 5.41) is 3.87. The fourth-order valence-corrected chi connectivity index (χ4v) is 1.91. The van der Waals surface area contributed by atoms with Crippen LogP contribution in [-0.4, -0.2) is 32.5 Å². The maximum atomic E-state index is 5.64. The molecule has 0 amide bonds. The number of hydrogen-bond donors (Lipinski definition) is 1. The van der Waals surface area contributed by atoms with E-state index < -0.39 is 0 Å². The van der Waals surface area contributed by atoms with Crippen molar-refractivity contribution < 1.29 is 14.2 Å². The molecule has 0 spiro atoms. The number of fused-ring (bicyclic) bond motifs is 1. The molecule has 14 heavy (non-hydrogen) atoms. The molecule has 1 aliphatic rings. The van der Waals surface area contributed by atoms with Crippen LogP contribution in [0.4, 0.5) is 0 Å². The van der Waals surface area contributed by atoms with Gasteiger partial charge in [-0.25, -0.2) is 0 Å². The summed E-state index contributed by atoms with van der Waals surface area (Å²) in [7, 11) is 0. The summed E-state index contributed by atoms with van der Waals surface area (Å²) in [5.74, 6) is 1.66. The summed E-state index contributed by atoms with van der Waals surface area (Å²) in [6, 6.07) is 0. The molecule has 0 fully saturated rings. The fourth-order valence-electron chi connectivity index (χ4n) is 1.24. The second-order valence-corrected chi connectivity index (χ2v) is 3.76. The van der Waals surface area contributed by atoms with Gasteiger partial charge < -0.3 is 19.9 Å². The highest BCUT2D eigenvalue weighted by atomic mass is 32.1. The summed E-state index contributed by atoms with van der Waals surface area (Å²) in [6.07, 6.45) is -0.0105. The van der Waals surface area contributed by atoms with Gasteiger partial charge in [0.2, 0.25) is 0 Å². The highest BCUT2D eigenvalue weighted by Gasteiger charge is 2.21. The van der Waals surface area contributed by atoms with Crippen LogP contribution in [-0.2, 0) is 4.74 Å². The zero-order chi connectivity index (χ0) is 9.80. The Labute approximate surface area is 86.6 Å². The SMILES string of the molecule is NCCOCC1COc2cscc2O1. The number of nitrogens with two attached hydrogens (primary N) is 1.